The molecule has 0 atom stereocenters. The van der Waals surface area contributed by atoms with E-state index < -0.39 is 0 Å². The molecule has 0 aliphatic rings. The molecule has 2 heterocycles. The largest absolute Gasteiger partial charge is 0.238 e. The van der Waals surface area contributed by atoms with Crippen molar-refractivity contribution in [3.05, 3.63) is 83.8 Å². The second-order valence-electron chi connectivity index (χ2n) is 6.70. The summed E-state index contributed by atoms with van der Waals surface area (Å²) in [5.41, 5.74) is 7.41. The normalized spacial score (nSPS) is 11.2. The molecule has 0 N–H and O–H groups in total. The van der Waals surface area contributed by atoms with Crippen molar-refractivity contribution in [2.75, 3.05) is 0 Å². The number of hydrogen-bond acceptors (Lipinski definition) is 0. The molecule has 3 heteroatoms. The van der Waals surface area contributed by atoms with Gasteiger partial charge in [-0.2, -0.15) is 4.57 Å². The predicted molar refractivity (Wildman–Crippen MR) is 100 cm³/mol. The van der Waals surface area contributed by atoms with E-state index >= 15 is 0 Å². The molecule has 124 valence electrons. The Labute approximate surface area is 148 Å². The standard InChI is InChI=1S/C22H23N3/c1-16-13-21(24-12-8-7-9-17(24)2)18(3)22(14-16)25-15-19-10-5-6-11-20(19)23(25)4/h5-15H,1-4H3/q+2. The van der Waals surface area contributed by atoms with Crippen molar-refractivity contribution in [3.8, 4) is 11.4 Å². The molecule has 0 amide bonds. The van der Waals surface area contributed by atoms with Gasteiger partial charge in [0, 0.05) is 31.2 Å². The maximum Gasteiger partial charge on any atom is 0.238 e. The molecule has 25 heavy (non-hydrogen) atoms. The van der Waals surface area contributed by atoms with Gasteiger partial charge in [0.1, 0.15) is 5.69 Å². The minimum absolute atomic E-state index is 1.21. The number of rotatable bonds is 2. The van der Waals surface area contributed by atoms with Gasteiger partial charge in [0.2, 0.25) is 11.2 Å². The highest BCUT2D eigenvalue weighted by Crippen LogP contribution is 2.22. The third-order valence-electron chi connectivity index (χ3n) is 4.94. The molecular formula is C22H23N3+2. The third-order valence-corrected chi connectivity index (χ3v) is 4.94. The average molecular weight is 329 g/mol. The SMILES string of the molecule is Cc1cc(-n2cc3ccccc3[n+]2C)c(C)c(-[n+]2ccccc2C)c1. The zero-order valence-electron chi connectivity index (χ0n) is 15.2. The lowest BCUT2D eigenvalue weighted by Crippen LogP contribution is -2.39. The van der Waals surface area contributed by atoms with Gasteiger partial charge in [0.05, 0.1) is 17.1 Å². The number of aromatic nitrogens is 3. The first kappa shape index (κ1) is 15.6. The lowest BCUT2D eigenvalue weighted by Gasteiger charge is -2.09. The topological polar surface area (TPSA) is 12.7 Å². The van der Waals surface area contributed by atoms with Gasteiger partial charge in [0.25, 0.3) is 0 Å². The lowest BCUT2D eigenvalue weighted by atomic mass is 10.1. The predicted octanol–water partition coefficient (Wildman–Crippen LogP) is 3.66. The molecule has 4 aromatic rings. The van der Waals surface area contributed by atoms with Gasteiger partial charge in [-0.3, -0.25) is 0 Å². The van der Waals surface area contributed by atoms with Crippen LogP contribution in [0, 0.1) is 20.8 Å². The number of hydrogen-bond donors (Lipinski definition) is 0. The van der Waals surface area contributed by atoms with E-state index in [1.165, 1.54) is 39.1 Å². The van der Waals surface area contributed by atoms with Crippen LogP contribution in [-0.2, 0) is 7.05 Å². The number of para-hydroxylation sites is 1. The third kappa shape index (κ3) is 2.52. The summed E-state index contributed by atoms with van der Waals surface area (Å²) in [4.78, 5) is 0. The number of nitrogens with zero attached hydrogens (tertiary/aromatic N) is 3. The van der Waals surface area contributed by atoms with E-state index in [2.05, 4.69) is 109 Å². The second-order valence-corrected chi connectivity index (χ2v) is 6.70. The second kappa shape index (κ2) is 5.85. The Balaban J connectivity index is 2.00. The Hall–Kier alpha value is -2.94. The summed E-state index contributed by atoms with van der Waals surface area (Å²) >= 11 is 0. The Morgan fingerprint density at radius 2 is 1.64 bits per heavy atom. The van der Waals surface area contributed by atoms with Crippen molar-refractivity contribution >= 4 is 10.9 Å². The first-order valence-electron chi connectivity index (χ1n) is 8.62. The summed E-state index contributed by atoms with van der Waals surface area (Å²) in [5.74, 6) is 0. The van der Waals surface area contributed by atoms with E-state index in [1.807, 2.05) is 0 Å². The van der Waals surface area contributed by atoms with Gasteiger partial charge in [0.15, 0.2) is 18.9 Å². The van der Waals surface area contributed by atoms with Crippen molar-refractivity contribution in [1.29, 1.82) is 0 Å². The van der Waals surface area contributed by atoms with Crippen molar-refractivity contribution in [2.45, 2.75) is 20.8 Å². The number of pyridine rings is 1. The zero-order valence-corrected chi connectivity index (χ0v) is 15.2. The van der Waals surface area contributed by atoms with Gasteiger partial charge >= 0.3 is 0 Å². The Bertz CT molecular complexity index is 1090. The van der Waals surface area contributed by atoms with Gasteiger partial charge in [-0.15, -0.1) is 9.36 Å². The quantitative estimate of drug-likeness (QED) is 0.498. The summed E-state index contributed by atoms with van der Waals surface area (Å²) in [6.45, 7) is 6.51. The summed E-state index contributed by atoms with van der Waals surface area (Å²) in [6.07, 6.45) is 4.34. The maximum atomic E-state index is 2.26. The van der Waals surface area contributed by atoms with E-state index in [4.69, 9.17) is 0 Å². The first-order chi connectivity index (χ1) is 12.1. The molecule has 0 saturated heterocycles. The minimum Gasteiger partial charge on any atom is -0.164 e. The van der Waals surface area contributed by atoms with Gasteiger partial charge in [-0.1, -0.05) is 18.2 Å². The molecule has 2 aromatic carbocycles. The number of aryl methyl sites for hydroxylation is 3. The van der Waals surface area contributed by atoms with E-state index in [1.54, 1.807) is 0 Å². The maximum absolute atomic E-state index is 2.26. The van der Waals surface area contributed by atoms with Crippen LogP contribution in [0.25, 0.3) is 22.3 Å². The fourth-order valence-corrected chi connectivity index (χ4v) is 3.56. The summed E-state index contributed by atoms with van der Waals surface area (Å²) in [7, 11) is 2.12. The molecule has 0 aliphatic carbocycles. The van der Waals surface area contributed by atoms with E-state index in [0.29, 0.717) is 0 Å². The molecule has 0 saturated carbocycles. The van der Waals surface area contributed by atoms with Gasteiger partial charge < -0.3 is 0 Å². The fraction of sp³-hybridized carbons (Fsp3) is 0.182. The summed E-state index contributed by atoms with van der Waals surface area (Å²) < 4.78 is 6.72. The number of benzene rings is 2. The molecule has 0 radical (unpaired) electrons. The molecule has 4 rings (SSSR count). The van der Waals surface area contributed by atoms with E-state index in [0.717, 1.165) is 0 Å². The monoisotopic (exact) mass is 329 g/mol. The van der Waals surface area contributed by atoms with Crippen LogP contribution in [0.3, 0.4) is 0 Å². The molecule has 2 aromatic heterocycles. The Morgan fingerprint density at radius 3 is 2.40 bits per heavy atom. The highest BCUT2D eigenvalue weighted by Gasteiger charge is 2.21. The van der Waals surface area contributed by atoms with Crippen LogP contribution < -0.4 is 9.25 Å². The Morgan fingerprint density at radius 1 is 0.880 bits per heavy atom. The highest BCUT2D eigenvalue weighted by molar-refractivity contribution is 5.75. The highest BCUT2D eigenvalue weighted by atomic mass is 15.4. The summed E-state index contributed by atoms with van der Waals surface area (Å²) in [5, 5.41) is 1.25. The van der Waals surface area contributed by atoms with Crippen molar-refractivity contribution < 1.29 is 9.25 Å². The number of fused-ring (bicyclic) bond motifs is 1. The van der Waals surface area contributed by atoms with Crippen LogP contribution in [0.1, 0.15) is 16.8 Å². The molecule has 0 unspecified atom stereocenters. The molecule has 0 aliphatic heterocycles. The first-order valence-corrected chi connectivity index (χ1v) is 8.62. The van der Waals surface area contributed by atoms with Crippen molar-refractivity contribution in [3.63, 3.8) is 0 Å². The van der Waals surface area contributed by atoms with Crippen LogP contribution in [-0.4, -0.2) is 4.68 Å². The molecule has 0 spiro atoms. The van der Waals surface area contributed by atoms with Gasteiger partial charge in [-0.05, 0) is 31.5 Å². The zero-order chi connectivity index (χ0) is 17.6. The smallest absolute Gasteiger partial charge is 0.164 e. The molecule has 0 bridgehead atoms. The van der Waals surface area contributed by atoms with Crippen molar-refractivity contribution in [1.82, 2.24) is 4.68 Å². The summed E-state index contributed by atoms with van der Waals surface area (Å²) in [6, 6.07) is 19.3. The van der Waals surface area contributed by atoms with Gasteiger partial charge in [-0.25, -0.2) is 0 Å². The van der Waals surface area contributed by atoms with Crippen LogP contribution in [0.2, 0.25) is 0 Å². The molecule has 3 nitrogen and oxygen atoms in total. The van der Waals surface area contributed by atoms with Crippen LogP contribution in [0.15, 0.2) is 67.0 Å². The van der Waals surface area contributed by atoms with Crippen molar-refractivity contribution in [2.24, 2.45) is 7.05 Å². The molecular weight excluding hydrogens is 306 g/mol. The van der Waals surface area contributed by atoms with E-state index in [9.17, 15) is 0 Å². The minimum atomic E-state index is 1.21. The van der Waals surface area contributed by atoms with Crippen LogP contribution in [0.4, 0.5) is 0 Å². The van der Waals surface area contributed by atoms with Crippen LogP contribution in [0.5, 0.6) is 0 Å². The van der Waals surface area contributed by atoms with Crippen LogP contribution >= 0.6 is 0 Å². The average Bonchev–Trinajstić information content (AvgIpc) is 2.94. The lowest BCUT2D eigenvalue weighted by molar-refractivity contribution is -0.720. The fourth-order valence-electron chi connectivity index (χ4n) is 3.56. The van der Waals surface area contributed by atoms with E-state index in [-0.39, 0.29) is 0 Å². The molecule has 0 fully saturated rings. The Kier molecular flexibility index (Phi) is 3.65.